The van der Waals surface area contributed by atoms with Crippen LogP contribution >= 0.6 is 0 Å². The molecule has 0 amide bonds. The minimum atomic E-state index is -1.14. The predicted octanol–water partition coefficient (Wildman–Crippen LogP) is 2.13. The number of para-hydroxylation sites is 1. The molecule has 6 nitrogen and oxygen atoms in total. The lowest BCUT2D eigenvalue weighted by molar-refractivity contribution is -0.386. The summed E-state index contributed by atoms with van der Waals surface area (Å²) in [4.78, 5) is 10.1. The predicted molar refractivity (Wildman–Crippen MR) is 66.0 cm³/mol. The fourth-order valence-electron chi connectivity index (χ4n) is 1.64. The topological polar surface area (TPSA) is 102 Å². The van der Waals surface area contributed by atoms with Gasteiger partial charge in [0.05, 0.1) is 17.1 Å². The summed E-state index contributed by atoms with van der Waals surface area (Å²) in [6.07, 6.45) is -0.514. The maximum Gasteiger partial charge on any atom is 0.314 e. The van der Waals surface area contributed by atoms with Crippen molar-refractivity contribution in [2.24, 2.45) is 5.73 Å². The van der Waals surface area contributed by atoms with Crippen molar-refractivity contribution >= 4 is 5.69 Å². The van der Waals surface area contributed by atoms with Crippen LogP contribution in [-0.2, 0) is 0 Å². The normalized spacial score (nSPS) is 15.1. The molecule has 2 atom stereocenters. The van der Waals surface area contributed by atoms with Gasteiger partial charge in [0.15, 0.2) is 5.82 Å². The fraction of sp³-hybridized carbons (Fsp3) is 0.417. The van der Waals surface area contributed by atoms with Crippen LogP contribution in [0.3, 0.4) is 0 Å². The highest BCUT2D eigenvalue weighted by atomic mass is 19.1. The van der Waals surface area contributed by atoms with Gasteiger partial charge in [-0.2, -0.15) is 5.26 Å². The molecule has 102 valence electrons. The largest absolute Gasteiger partial charge is 0.482 e. The molecule has 0 heterocycles. The third-order valence-electron chi connectivity index (χ3n) is 2.43. The van der Waals surface area contributed by atoms with E-state index >= 15 is 0 Å². The molecule has 0 aliphatic carbocycles. The molecule has 1 aromatic rings. The Bertz CT molecular complexity index is 525. The van der Waals surface area contributed by atoms with Crippen molar-refractivity contribution in [1.29, 1.82) is 5.26 Å². The van der Waals surface area contributed by atoms with Gasteiger partial charge < -0.3 is 10.5 Å². The Morgan fingerprint density at radius 2 is 2.32 bits per heavy atom. The Kier molecular flexibility index (Phi) is 4.40. The van der Waals surface area contributed by atoms with E-state index in [0.29, 0.717) is 0 Å². The average molecular weight is 267 g/mol. The number of nitrogens with two attached hydrogens (primary N) is 1. The second-order valence-corrected chi connectivity index (χ2v) is 4.51. The molecule has 0 fully saturated rings. The molecule has 2 N–H and O–H groups in total. The van der Waals surface area contributed by atoms with Crippen LogP contribution < -0.4 is 10.5 Å². The van der Waals surface area contributed by atoms with E-state index in [9.17, 15) is 14.5 Å². The molecule has 0 aromatic heterocycles. The zero-order valence-corrected chi connectivity index (χ0v) is 10.6. The van der Waals surface area contributed by atoms with E-state index in [4.69, 9.17) is 15.7 Å². The number of hydrogen-bond acceptors (Lipinski definition) is 5. The third-order valence-corrected chi connectivity index (χ3v) is 2.43. The highest BCUT2D eigenvalue weighted by Crippen LogP contribution is 2.31. The van der Waals surface area contributed by atoms with Gasteiger partial charge in [-0.3, -0.25) is 10.1 Å². The Balaban J connectivity index is 2.94. The van der Waals surface area contributed by atoms with Gasteiger partial charge in [0, 0.05) is 12.5 Å². The monoisotopic (exact) mass is 267 g/mol. The summed E-state index contributed by atoms with van der Waals surface area (Å²) in [6.45, 7) is 3.07. The first-order chi connectivity index (χ1) is 8.76. The summed E-state index contributed by atoms with van der Waals surface area (Å²) in [5, 5.41) is 19.6. The highest BCUT2D eigenvalue weighted by Gasteiger charge is 2.26. The molecule has 19 heavy (non-hydrogen) atoms. The molecule has 1 rings (SSSR count). The van der Waals surface area contributed by atoms with Crippen molar-refractivity contribution in [3.8, 4) is 11.8 Å². The zero-order chi connectivity index (χ0) is 14.6. The lowest BCUT2D eigenvalue weighted by atomic mass is 9.98. The van der Waals surface area contributed by atoms with Gasteiger partial charge in [-0.1, -0.05) is 6.07 Å². The summed E-state index contributed by atoms with van der Waals surface area (Å²) in [7, 11) is 0. The Labute approximate surface area is 109 Å². The molecule has 0 saturated heterocycles. The van der Waals surface area contributed by atoms with Crippen LogP contribution in [0.15, 0.2) is 18.2 Å². The number of halogens is 1. The Hall–Kier alpha value is -2.20. The first-order valence-corrected chi connectivity index (χ1v) is 5.56. The number of benzene rings is 1. The van der Waals surface area contributed by atoms with E-state index in [1.165, 1.54) is 13.0 Å². The first kappa shape index (κ1) is 14.9. The number of nitriles is 1. The molecule has 0 spiro atoms. The van der Waals surface area contributed by atoms with Crippen LogP contribution in [0, 0.1) is 27.3 Å². The van der Waals surface area contributed by atoms with Gasteiger partial charge in [0.25, 0.3) is 0 Å². The van der Waals surface area contributed by atoms with Crippen LogP contribution in [0.1, 0.15) is 20.3 Å². The van der Waals surface area contributed by atoms with Crippen molar-refractivity contribution in [3.63, 3.8) is 0 Å². The van der Waals surface area contributed by atoms with Gasteiger partial charge in [-0.05, 0) is 19.9 Å². The summed E-state index contributed by atoms with van der Waals surface area (Å²) < 4.78 is 18.8. The quantitative estimate of drug-likeness (QED) is 0.650. The van der Waals surface area contributed by atoms with Crippen molar-refractivity contribution in [1.82, 2.24) is 0 Å². The molecule has 0 bridgehead atoms. The van der Waals surface area contributed by atoms with Gasteiger partial charge >= 0.3 is 5.69 Å². The minimum absolute atomic E-state index is 0.120. The number of hydrogen-bond donors (Lipinski definition) is 1. The first-order valence-electron chi connectivity index (χ1n) is 5.56. The summed E-state index contributed by atoms with van der Waals surface area (Å²) in [6, 6.07) is 5.33. The average Bonchev–Trinajstić information content (AvgIpc) is 2.30. The van der Waals surface area contributed by atoms with E-state index in [1.54, 1.807) is 6.92 Å². The van der Waals surface area contributed by atoms with E-state index in [-0.39, 0.29) is 6.42 Å². The van der Waals surface area contributed by atoms with Crippen molar-refractivity contribution < 1.29 is 14.1 Å². The maximum atomic E-state index is 13.6. The minimum Gasteiger partial charge on any atom is -0.482 e. The molecule has 0 radical (unpaired) electrons. The number of rotatable bonds is 5. The lowest BCUT2D eigenvalue weighted by Gasteiger charge is -2.21. The molecule has 7 heteroatoms. The number of nitro groups is 1. The molecular weight excluding hydrogens is 253 g/mol. The van der Waals surface area contributed by atoms with Crippen LogP contribution in [0.4, 0.5) is 10.1 Å². The van der Waals surface area contributed by atoms with Crippen LogP contribution in [0.5, 0.6) is 5.75 Å². The standard InChI is InChI=1S/C12H14FN3O3/c1-8(6-12(2,15)7-14)19-11-9(13)4-3-5-10(11)16(17)18/h3-5,8H,6,15H2,1-2H3. The Morgan fingerprint density at radius 3 is 2.84 bits per heavy atom. The van der Waals surface area contributed by atoms with E-state index in [1.807, 2.05) is 6.07 Å². The second-order valence-electron chi connectivity index (χ2n) is 4.51. The second kappa shape index (κ2) is 5.63. The van der Waals surface area contributed by atoms with E-state index in [0.717, 1.165) is 12.1 Å². The van der Waals surface area contributed by atoms with Crippen LogP contribution in [-0.4, -0.2) is 16.6 Å². The van der Waals surface area contributed by atoms with Gasteiger partial charge in [0.1, 0.15) is 5.54 Å². The van der Waals surface area contributed by atoms with Gasteiger partial charge in [0.2, 0.25) is 5.75 Å². The smallest absolute Gasteiger partial charge is 0.314 e. The van der Waals surface area contributed by atoms with Crippen molar-refractivity contribution in [2.45, 2.75) is 31.9 Å². The number of ether oxygens (including phenoxy) is 1. The summed E-state index contributed by atoms with van der Waals surface area (Å²) >= 11 is 0. The molecule has 0 saturated carbocycles. The van der Waals surface area contributed by atoms with Gasteiger partial charge in [-0.15, -0.1) is 0 Å². The van der Waals surface area contributed by atoms with Crippen LogP contribution in [0.25, 0.3) is 0 Å². The summed E-state index contributed by atoms with van der Waals surface area (Å²) in [5.41, 5.74) is 4.04. The van der Waals surface area contributed by atoms with E-state index in [2.05, 4.69) is 0 Å². The molecule has 0 aliphatic heterocycles. The number of nitro benzene ring substituents is 1. The molecule has 1 aromatic carbocycles. The van der Waals surface area contributed by atoms with Crippen molar-refractivity contribution in [3.05, 3.63) is 34.1 Å². The molecule has 2 unspecified atom stereocenters. The molecule has 0 aliphatic rings. The summed E-state index contributed by atoms with van der Waals surface area (Å²) in [5.74, 6) is -1.26. The van der Waals surface area contributed by atoms with Crippen molar-refractivity contribution in [2.75, 3.05) is 0 Å². The zero-order valence-electron chi connectivity index (χ0n) is 10.6. The SMILES string of the molecule is CC(CC(C)(N)C#N)Oc1c(F)cccc1[N+](=O)[O-]. The van der Waals surface area contributed by atoms with Gasteiger partial charge in [-0.25, -0.2) is 4.39 Å². The number of nitrogens with zero attached hydrogens (tertiary/aromatic N) is 2. The van der Waals surface area contributed by atoms with E-state index < -0.39 is 33.8 Å². The fourth-order valence-corrected chi connectivity index (χ4v) is 1.64. The van der Waals surface area contributed by atoms with Crippen LogP contribution in [0.2, 0.25) is 0 Å². The Morgan fingerprint density at radius 1 is 1.68 bits per heavy atom. The lowest BCUT2D eigenvalue weighted by Crippen LogP contribution is -2.38. The highest BCUT2D eigenvalue weighted by molar-refractivity contribution is 5.47. The maximum absolute atomic E-state index is 13.6. The molecular formula is C12H14FN3O3. The third kappa shape index (κ3) is 3.89.